The third-order valence-corrected chi connectivity index (χ3v) is 3.06. The fourth-order valence-corrected chi connectivity index (χ4v) is 1.64. The Bertz CT molecular complexity index is 366. The van der Waals surface area contributed by atoms with Crippen LogP contribution in [0.4, 0.5) is 0 Å². The summed E-state index contributed by atoms with van der Waals surface area (Å²) in [7, 11) is 1.64. The van der Waals surface area contributed by atoms with Crippen molar-refractivity contribution < 1.29 is 9.84 Å². The monoisotopic (exact) mass is 259 g/mol. The van der Waals surface area contributed by atoms with Gasteiger partial charge in [-0.25, -0.2) is 0 Å². The van der Waals surface area contributed by atoms with E-state index in [1.54, 1.807) is 7.11 Å². The first-order chi connectivity index (χ1) is 7.42. The molecular formula is C13H22ClNO2. The van der Waals surface area contributed by atoms with Crippen LogP contribution in [-0.4, -0.2) is 18.8 Å². The third kappa shape index (κ3) is 3.60. The highest BCUT2D eigenvalue weighted by Crippen LogP contribution is 2.33. The normalized spacial score (nSPS) is 12.8. The van der Waals surface area contributed by atoms with Crippen LogP contribution in [-0.2, 0) is 0 Å². The molecule has 4 heteroatoms. The minimum Gasteiger partial charge on any atom is -0.497 e. The number of hydrogen-bond donors (Lipinski definition) is 2. The predicted octanol–water partition coefficient (Wildman–Crippen LogP) is 2.44. The lowest BCUT2D eigenvalue weighted by atomic mass is 9.80. The molecular weight excluding hydrogens is 238 g/mol. The summed E-state index contributed by atoms with van der Waals surface area (Å²) < 4.78 is 5.15. The predicted molar refractivity (Wildman–Crippen MR) is 72.8 cm³/mol. The number of aryl methyl sites for hydroxylation is 1. The molecule has 0 radical (unpaired) electrons. The summed E-state index contributed by atoms with van der Waals surface area (Å²) in [6.45, 7) is 5.99. The van der Waals surface area contributed by atoms with Crippen molar-refractivity contribution in [3.63, 3.8) is 0 Å². The van der Waals surface area contributed by atoms with Gasteiger partial charge >= 0.3 is 0 Å². The average Bonchev–Trinajstić information content (AvgIpc) is 2.28. The number of methoxy groups -OCH3 is 1. The number of aliphatic hydroxyl groups excluding tert-OH is 1. The van der Waals surface area contributed by atoms with Crippen LogP contribution in [0.15, 0.2) is 18.2 Å². The quantitative estimate of drug-likeness (QED) is 0.873. The number of aliphatic hydroxyl groups is 1. The van der Waals surface area contributed by atoms with Crippen molar-refractivity contribution in [3.05, 3.63) is 29.3 Å². The first kappa shape index (κ1) is 16.2. The molecule has 0 aromatic heterocycles. The van der Waals surface area contributed by atoms with Crippen molar-refractivity contribution in [1.29, 1.82) is 0 Å². The van der Waals surface area contributed by atoms with Gasteiger partial charge < -0.3 is 15.6 Å². The van der Waals surface area contributed by atoms with Gasteiger partial charge in [-0.05, 0) is 30.2 Å². The zero-order chi connectivity index (χ0) is 12.3. The molecule has 0 saturated heterocycles. The Morgan fingerprint density at radius 3 is 2.41 bits per heavy atom. The SMILES string of the molecule is COc1ccc([C@H](N)C(C)(C)CO)c(C)c1.Cl. The lowest BCUT2D eigenvalue weighted by molar-refractivity contribution is 0.132. The lowest BCUT2D eigenvalue weighted by Gasteiger charge is -2.30. The number of hydrogen-bond acceptors (Lipinski definition) is 3. The molecule has 1 rings (SSSR count). The van der Waals surface area contributed by atoms with E-state index in [-0.39, 0.29) is 30.5 Å². The molecule has 0 spiro atoms. The first-order valence-electron chi connectivity index (χ1n) is 5.43. The minimum atomic E-state index is -0.320. The second-order valence-electron chi connectivity index (χ2n) is 4.85. The Balaban J connectivity index is 0.00000256. The fraction of sp³-hybridized carbons (Fsp3) is 0.538. The fourth-order valence-electron chi connectivity index (χ4n) is 1.64. The zero-order valence-corrected chi connectivity index (χ0v) is 11.7. The summed E-state index contributed by atoms with van der Waals surface area (Å²) >= 11 is 0. The van der Waals surface area contributed by atoms with Crippen LogP contribution in [0.25, 0.3) is 0 Å². The maximum Gasteiger partial charge on any atom is 0.119 e. The minimum absolute atomic E-state index is 0. The first-order valence-corrected chi connectivity index (χ1v) is 5.43. The van der Waals surface area contributed by atoms with Crippen LogP contribution in [0.3, 0.4) is 0 Å². The molecule has 0 unspecified atom stereocenters. The van der Waals surface area contributed by atoms with Gasteiger partial charge in [-0.15, -0.1) is 12.4 Å². The van der Waals surface area contributed by atoms with Crippen molar-refractivity contribution in [3.8, 4) is 5.75 Å². The molecule has 1 aromatic rings. The van der Waals surface area contributed by atoms with Crippen molar-refractivity contribution in [2.24, 2.45) is 11.1 Å². The molecule has 0 bridgehead atoms. The van der Waals surface area contributed by atoms with Crippen molar-refractivity contribution in [1.82, 2.24) is 0 Å². The highest BCUT2D eigenvalue weighted by molar-refractivity contribution is 5.85. The van der Waals surface area contributed by atoms with Gasteiger partial charge in [-0.1, -0.05) is 19.9 Å². The van der Waals surface area contributed by atoms with Crippen LogP contribution in [0.5, 0.6) is 5.75 Å². The van der Waals surface area contributed by atoms with E-state index in [1.165, 1.54) is 0 Å². The Morgan fingerprint density at radius 1 is 1.41 bits per heavy atom. The van der Waals surface area contributed by atoms with E-state index in [9.17, 15) is 5.11 Å². The molecule has 0 aliphatic heterocycles. The number of halogens is 1. The van der Waals surface area contributed by atoms with Crippen LogP contribution in [0.1, 0.15) is 31.0 Å². The number of benzene rings is 1. The highest BCUT2D eigenvalue weighted by Gasteiger charge is 2.27. The molecule has 0 aliphatic rings. The highest BCUT2D eigenvalue weighted by atomic mass is 35.5. The van der Waals surface area contributed by atoms with Gasteiger partial charge in [0.25, 0.3) is 0 Å². The molecule has 17 heavy (non-hydrogen) atoms. The van der Waals surface area contributed by atoms with Crippen molar-refractivity contribution in [2.45, 2.75) is 26.8 Å². The van der Waals surface area contributed by atoms with E-state index in [4.69, 9.17) is 10.5 Å². The largest absolute Gasteiger partial charge is 0.497 e. The van der Waals surface area contributed by atoms with E-state index >= 15 is 0 Å². The summed E-state index contributed by atoms with van der Waals surface area (Å²) in [4.78, 5) is 0. The molecule has 0 heterocycles. The van der Waals surface area contributed by atoms with E-state index < -0.39 is 0 Å². The van der Waals surface area contributed by atoms with Gasteiger partial charge in [-0.2, -0.15) is 0 Å². The maximum atomic E-state index is 9.31. The van der Waals surface area contributed by atoms with Gasteiger partial charge in [0.15, 0.2) is 0 Å². The van der Waals surface area contributed by atoms with Gasteiger partial charge in [-0.3, -0.25) is 0 Å². The summed E-state index contributed by atoms with van der Waals surface area (Å²) in [5, 5.41) is 9.31. The number of ether oxygens (including phenoxy) is 1. The van der Waals surface area contributed by atoms with Crippen LogP contribution in [0, 0.1) is 12.3 Å². The Hall–Kier alpha value is -0.770. The van der Waals surface area contributed by atoms with Crippen LogP contribution >= 0.6 is 12.4 Å². The van der Waals surface area contributed by atoms with Gasteiger partial charge in [0.2, 0.25) is 0 Å². The molecule has 3 N–H and O–H groups in total. The summed E-state index contributed by atoms with van der Waals surface area (Å²) in [5.74, 6) is 0.829. The van der Waals surface area contributed by atoms with Crippen molar-refractivity contribution >= 4 is 12.4 Å². The van der Waals surface area contributed by atoms with Gasteiger partial charge in [0.1, 0.15) is 5.75 Å². The molecule has 1 aromatic carbocycles. The van der Waals surface area contributed by atoms with Crippen LogP contribution in [0.2, 0.25) is 0 Å². The second kappa shape index (κ2) is 6.24. The molecule has 0 saturated carbocycles. The molecule has 1 atom stereocenters. The van der Waals surface area contributed by atoms with Gasteiger partial charge in [0, 0.05) is 18.1 Å². The summed E-state index contributed by atoms with van der Waals surface area (Å²) in [5.41, 5.74) is 8.00. The summed E-state index contributed by atoms with van der Waals surface area (Å²) in [6.07, 6.45) is 0. The standard InChI is InChI=1S/C13H21NO2.ClH/c1-9-7-10(16-4)5-6-11(9)12(14)13(2,3)8-15;/h5-7,12,15H,8,14H2,1-4H3;1H/t12-;/m0./s1. The Kier molecular flexibility index (Phi) is 5.96. The second-order valence-corrected chi connectivity index (χ2v) is 4.85. The number of nitrogens with two attached hydrogens (primary N) is 1. The molecule has 3 nitrogen and oxygen atoms in total. The van der Waals surface area contributed by atoms with E-state index in [2.05, 4.69) is 0 Å². The van der Waals surface area contributed by atoms with Crippen LogP contribution < -0.4 is 10.5 Å². The average molecular weight is 260 g/mol. The molecule has 0 aliphatic carbocycles. The Labute approximate surface area is 109 Å². The summed E-state index contributed by atoms with van der Waals surface area (Å²) in [6, 6.07) is 5.65. The topological polar surface area (TPSA) is 55.5 Å². The molecule has 0 fully saturated rings. The van der Waals surface area contributed by atoms with E-state index in [0.29, 0.717) is 0 Å². The smallest absolute Gasteiger partial charge is 0.119 e. The third-order valence-electron chi connectivity index (χ3n) is 3.06. The lowest BCUT2D eigenvalue weighted by Crippen LogP contribution is -2.32. The maximum absolute atomic E-state index is 9.31. The van der Waals surface area contributed by atoms with E-state index in [1.807, 2.05) is 39.0 Å². The molecule has 98 valence electrons. The number of rotatable bonds is 4. The Morgan fingerprint density at radius 2 is 2.00 bits per heavy atom. The van der Waals surface area contributed by atoms with E-state index in [0.717, 1.165) is 16.9 Å². The van der Waals surface area contributed by atoms with Crippen molar-refractivity contribution in [2.75, 3.05) is 13.7 Å². The molecule has 0 amide bonds. The zero-order valence-electron chi connectivity index (χ0n) is 10.9. The van der Waals surface area contributed by atoms with Gasteiger partial charge in [0.05, 0.1) is 7.11 Å².